The number of rotatable bonds is 2. The van der Waals surface area contributed by atoms with Crippen molar-refractivity contribution in [3.63, 3.8) is 0 Å². The van der Waals surface area contributed by atoms with Gasteiger partial charge in [-0.25, -0.2) is 4.79 Å². The van der Waals surface area contributed by atoms with Crippen LogP contribution in [0.25, 0.3) is 0 Å². The highest BCUT2D eigenvalue weighted by Gasteiger charge is 2.44. The molecule has 1 saturated carbocycles. The van der Waals surface area contributed by atoms with E-state index in [2.05, 4.69) is 4.74 Å². The molecule has 17 heavy (non-hydrogen) atoms. The Kier molecular flexibility index (Phi) is 4.44. The van der Waals surface area contributed by atoms with Crippen LogP contribution in [0, 0.1) is 17.8 Å². The molecule has 0 spiro atoms. The van der Waals surface area contributed by atoms with Gasteiger partial charge in [0.2, 0.25) is 0 Å². The van der Waals surface area contributed by atoms with Crippen LogP contribution in [-0.2, 0) is 9.53 Å². The third kappa shape index (κ3) is 3.61. The van der Waals surface area contributed by atoms with Gasteiger partial charge in [0.05, 0.1) is 0 Å². The van der Waals surface area contributed by atoms with E-state index in [4.69, 9.17) is 0 Å². The van der Waals surface area contributed by atoms with Crippen LogP contribution in [0.15, 0.2) is 0 Å². The Morgan fingerprint density at radius 2 is 1.88 bits per heavy atom. The smallest absolute Gasteiger partial charge is 0.455 e. The zero-order valence-electron chi connectivity index (χ0n) is 10.4. The predicted molar refractivity (Wildman–Crippen MR) is 57.3 cm³/mol. The molecule has 2 nitrogen and oxygen atoms in total. The van der Waals surface area contributed by atoms with E-state index in [-0.39, 0.29) is 11.8 Å². The lowest BCUT2D eigenvalue weighted by Gasteiger charge is -2.38. The number of esters is 1. The van der Waals surface area contributed by atoms with E-state index >= 15 is 0 Å². The Hall–Kier alpha value is -0.740. The molecule has 100 valence electrons. The standard InChI is InChI=1S/C12H19F3O2/c1-7(2)10-8(3)5-4-6-9(10)17-11(16)12(13,14)15/h7-10H,4-6H2,1-3H3/t8-,9-,10-/m0/s1. The summed E-state index contributed by atoms with van der Waals surface area (Å²) in [5, 5.41) is 0. The van der Waals surface area contributed by atoms with Gasteiger partial charge in [0.25, 0.3) is 0 Å². The minimum Gasteiger partial charge on any atom is -0.455 e. The third-order valence-corrected chi connectivity index (χ3v) is 3.49. The maximum atomic E-state index is 12.2. The second-order valence-electron chi connectivity index (χ2n) is 5.17. The number of halogens is 3. The lowest BCUT2D eigenvalue weighted by atomic mass is 9.72. The van der Waals surface area contributed by atoms with Crippen LogP contribution in [0.2, 0.25) is 0 Å². The first-order valence-electron chi connectivity index (χ1n) is 6.01. The lowest BCUT2D eigenvalue weighted by Crippen LogP contribution is -2.40. The van der Waals surface area contributed by atoms with Crippen LogP contribution in [-0.4, -0.2) is 18.2 Å². The normalized spacial score (nSPS) is 30.4. The maximum Gasteiger partial charge on any atom is 0.490 e. The molecular formula is C12H19F3O2. The van der Waals surface area contributed by atoms with Crippen molar-refractivity contribution in [3.8, 4) is 0 Å². The van der Waals surface area contributed by atoms with Crippen molar-refractivity contribution >= 4 is 5.97 Å². The summed E-state index contributed by atoms with van der Waals surface area (Å²) in [6, 6.07) is 0. The third-order valence-electron chi connectivity index (χ3n) is 3.49. The molecule has 0 amide bonds. The van der Waals surface area contributed by atoms with E-state index in [0.717, 1.165) is 12.8 Å². The molecule has 5 heteroatoms. The van der Waals surface area contributed by atoms with E-state index in [0.29, 0.717) is 12.3 Å². The molecule has 1 fully saturated rings. The molecule has 0 N–H and O–H groups in total. The molecule has 0 unspecified atom stereocenters. The van der Waals surface area contributed by atoms with Crippen molar-refractivity contribution in [1.29, 1.82) is 0 Å². The molecule has 0 bridgehead atoms. The topological polar surface area (TPSA) is 26.3 Å². The summed E-state index contributed by atoms with van der Waals surface area (Å²) in [7, 11) is 0. The molecule has 1 aliphatic carbocycles. The second-order valence-corrected chi connectivity index (χ2v) is 5.17. The van der Waals surface area contributed by atoms with Gasteiger partial charge >= 0.3 is 12.1 Å². The maximum absolute atomic E-state index is 12.2. The number of ether oxygens (including phenoxy) is 1. The summed E-state index contributed by atoms with van der Waals surface area (Å²) >= 11 is 0. The molecule has 0 radical (unpaired) electrons. The Balaban J connectivity index is 2.70. The van der Waals surface area contributed by atoms with Gasteiger partial charge in [-0.05, 0) is 24.7 Å². The Morgan fingerprint density at radius 1 is 1.29 bits per heavy atom. The van der Waals surface area contributed by atoms with Crippen LogP contribution in [0.1, 0.15) is 40.0 Å². The van der Waals surface area contributed by atoms with Crippen molar-refractivity contribution in [1.82, 2.24) is 0 Å². The number of hydrogen-bond donors (Lipinski definition) is 0. The van der Waals surface area contributed by atoms with Crippen molar-refractivity contribution in [2.45, 2.75) is 52.3 Å². The van der Waals surface area contributed by atoms with Gasteiger partial charge in [-0.3, -0.25) is 0 Å². The summed E-state index contributed by atoms with van der Waals surface area (Å²) in [5.41, 5.74) is 0. The zero-order chi connectivity index (χ0) is 13.2. The van der Waals surface area contributed by atoms with E-state index < -0.39 is 18.2 Å². The summed E-state index contributed by atoms with van der Waals surface area (Å²) in [5.74, 6) is -1.51. The fraction of sp³-hybridized carbons (Fsp3) is 0.917. The largest absolute Gasteiger partial charge is 0.490 e. The van der Waals surface area contributed by atoms with E-state index in [1.807, 2.05) is 20.8 Å². The molecule has 0 aromatic heterocycles. The highest BCUT2D eigenvalue weighted by Crippen LogP contribution is 2.37. The summed E-state index contributed by atoms with van der Waals surface area (Å²) in [6.45, 7) is 5.93. The molecule has 0 aliphatic heterocycles. The van der Waals surface area contributed by atoms with Gasteiger partial charge in [-0.15, -0.1) is 0 Å². The highest BCUT2D eigenvalue weighted by atomic mass is 19.4. The minimum absolute atomic E-state index is 0.0232. The summed E-state index contributed by atoms with van der Waals surface area (Å²) < 4.78 is 41.1. The van der Waals surface area contributed by atoms with Crippen molar-refractivity contribution < 1.29 is 22.7 Å². The lowest BCUT2D eigenvalue weighted by molar-refractivity contribution is -0.210. The van der Waals surface area contributed by atoms with Gasteiger partial charge in [-0.2, -0.15) is 13.2 Å². The predicted octanol–water partition coefficient (Wildman–Crippen LogP) is 3.55. The summed E-state index contributed by atoms with van der Waals surface area (Å²) in [6.07, 6.45) is -3.13. The van der Waals surface area contributed by atoms with Crippen molar-refractivity contribution in [2.24, 2.45) is 17.8 Å². The Labute approximate surface area is 99.5 Å². The molecule has 1 rings (SSSR count). The fourth-order valence-corrected chi connectivity index (χ4v) is 2.82. The van der Waals surface area contributed by atoms with Crippen molar-refractivity contribution in [2.75, 3.05) is 0 Å². The fourth-order valence-electron chi connectivity index (χ4n) is 2.82. The van der Waals surface area contributed by atoms with Crippen LogP contribution in [0.4, 0.5) is 13.2 Å². The average Bonchev–Trinajstić information content (AvgIpc) is 2.15. The highest BCUT2D eigenvalue weighted by molar-refractivity contribution is 5.75. The van der Waals surface area contributed by atoms with Gasteiger partial charge in [0.15, 0.2) is 0 Å². The number of carbonyl (C=O) groups excluding carboxylic acids is 1. The van der Waals surface area contributed by atoms with Gasteiger partial charge in [0, 0.05) is 5.92 Å². The molecular weight excluding hydrogens is 233 g/mol. The zero-order valence-corrected chi connectivity index (χ0v) is 10.4. The van der Waals surface area contributed by atoms with Gasteiger partial charge in [-0.1, -0.05) is 27.2 Å². The SMILES string of the molecule is CC(C)[C@@H]1[C@@H](OC(=O)C(F)(F)F)CCC[C@@H]1C. The number of carbonyl (C=O) groups is 1. The van der Waals surface area contributed by atoms with Crippen LogP contribution >= 0.6 is 0 Å². The molecule has 0 aromatic rings. The second kappa shape index (κ2) is 5.27. The Morgan fingerprint density at radius 3 is 2.35 bits per heavy atom. The molecule has 3 atom stereocenters. The van der Waals surface area contributed by atoms with Gasteiger partial charge < -0.3 is 4.74 Å². The van der Waals surface area contributed by atoms with E-state index in [1.54, 1.807) is 0 Å². The number of alkyl halides is 3. The quantitative estimate of drug-likeness (QED) is 0.702. The first kappa shape index (κ1) is 14.3. The number of hydrogen-bond acceptors (Lipinski definition) is 2. The van der Waals surface area contributed by atoms with Gasteiger partial charge in [0.1, 0.15) is 6.10 Å². The molecule has 1 aliphatic rings. The van der Waals surface area contributed by atoms with Crippen LogP contribution in [0.5, 0.6) is 0 Å². The van der Waals surface area contributed by atoms with Crippen LogP contribution < -0.4 is 0 Å². The molecule has 0 aromatic carbocycles. The average molecular weight is 252 g/mol. The first-order chi connectivity index (χ1) is 7.73. The summed E-state index contributed by atoms with van der Waals surface area (Å²) in [4.78, 5) is 10.9. The van der Waals surface area contributed by atoms with Crippen LogP contribution in [0.3, 0.4) is 0 Å². The minimum atomic E-state index is -4.89. The molecule has 0 heterocycles. The van der Waals surface area contributed by atoms with E-state index in [1.165, 1.54) is 0 Å². The monoisotopic (exact) mass is 252 g/mol. The Bertz CT molecular complexity index is 273. The van der Waals surface area contributed by atoms with E-state index in [9.17, 15) is 18.0 Å². The first-order valence-corrected chi connectivity index (χ1v) is 6.01. The van der Waals surface area contributed by atoms with Crippen molar-refractivity contribution in [3.05, 3.63) is 0 Å². The molecule has 0 saturated heterocycles.